The van der Waals surface area contributed by atoms with Gasteiger partial charge in [0, 0.05) is 0 Å². The third-order valence-corrected chi connectivity index (χ3v) is 3.65. The molecule has 0 bridgehead atoms. The molecular formula is C17H35. The molecule has 0 aromatic carbocycles. The van der Waals surface area contributed by atoms with Crippen molar-refractivity contribution in [2.75, 3.05) is 0 Å². The van der Waals surface area contributed by atoms with Crippen LogP contribution in [0.15, 0.2) is 0 Å². The Kier molecular flexibility index (Phi) is 14.1. The molecule has 0 nitrogen and oxygen atoms in total. The lowest BCUT2D eigenvalue weighted by Crippen LogP contribution is -1.95. The summed E-state index contributed by atoms with van der Waals surface area (Å²) in [7, 11) is 0. The Morgan fingerprint density at radius 2 is 1.35 bits per heavy atom. The van der Waals surface area contributed by atoms with Gasteiger partial charge in [-0.2, -0.15) is 0 Å². The average Bonchev–Trinajstić information content (AvgIpc) is 2.33. The zero-order valence-electron chi connectivity index (χ0n) is 12.6. The molecule has 0 N–H and O–H groups in total. The highest BCUT2D eigenvalue weighted by Crippen LogP contribution is 2.17. The fourth-order valence-corrected chi connectivity index (χ4v) is 2.37. The van der Waals surface area contributed by atoms with Gasteiger partial charge in [0.15, 0.2) is 0 Å². The van der Waals surface area contributed by atoms with Gasteiger partial charge < -0.3 is 0 Å². The van der Waals surface area contributed by atoms with E-state index in [0.29, 0.717) is 0 Å². The molecule has 1 unspecified atom stereocenters. The Morgan fingerprint density at radius 3 is 1.94 bits per heavy atom. The molecule has 0 fully saturated rings. The lowest BCUT2D eigenvalue weighted by molar-refractivity contribution is 0.436. The van der Waals surface area contributed by atoms with Crippen LogP contribution >= 0.6 is 0 Å². The van der Waals surface area contributed by atoms with E-state index in [1.807, 2.05) is 0 Å². The second kappa shape index (κ2) is 14.1. The first-order chi connectivity index (χ1) is 8.31. The largest absolute Gasteiger partial charge is 0.0654 e. The predicted octanol–water partition coefficient (Wildman–Crippen LogP) is 6.55. The van der Waals surface area contributed by atoms with E-state index in [0.717, 1.165) is 5.92 Å². The average molecular weight is 239 g/mol. The zero-order valence-corrected chi connectivity index (χ0v) is 12.6. The smallest absolute Gasteiger partial charge is 0.0386 e. The maximum absolute atomic E-state index is 2.47. The number of rotatable bonds is 13. The maximum Gasteiger partial charge on any atom is -0.0386 e. The molecule has 1 atom stereocenters. The van der Waals surface area contributed by atoms with E-state index < -0.39 is 0 Å². The van der Waals surface area contributed by atoms with Crippen molar-refractivity contribution in [3.05, 3.63) is 6.42 Å². The van der Waals surface area contributed by atoms with Crippen molar-refractivity contribution in [2.24, 2.45) is 5.92 Å². The van der Waals surface area contributed by atoms with Crippen molar-refractivity contribution in [1.29, 1.82) is 0 Å². The fraction of sp³-hybridized carbons (Fsp3) is 0.941. The quantitative estimate of drug-likeness (QED) is 0.320. The van der Waals surface area contributed by atoms with Gasteiger partial charge >= 0.3 is 0 Å². The Bertz CT molecular complexity index is 128. The summed E-state index contributed by atoms with van der Waals surface area (Å²) in [4.78, 5) is 0. The van der Waals surface area contributed by atoms with Gasteiger partial charge in [0.25, 0.3) is 0 Å². The highest BCUT2D eigenvalue weighted by Gasteiger charge is 2.01. The van der Waals surface area contributed by atoms with Crippen LogP contribution in [0.2, 0.25) is 0 Å². The summed E-state index contributed by atoms with van der Waals surface area (Å²) < 4.78 is 0. The highest BCUT2D eigenvalue weighted by atomic mass is 14.1. The van der Waals surface area contributed by atoms with Crippen LogP contribution in [0.4, 0.5) is 0 Å². The summed E-state index contributed by atoms with van der Waals surface area (Å²) in [5.74, 6) is 0.964. The van der Waals surface area contributed by atoms with Gasteiger partial charge in [-0.1, -0.05) is 97.8 Å². The third-order valence-electron chi connectivity index (χ3n) is 3.65. The van der Waals surface area contributed by atoms with E-state index in [9.17, 15) is 0 Å². The standard InChI is InChI=1S/C17H35/c1-4-6-8-10-11-12-14-16-17(3)15-13-9-7-5-2/h8,17H,4-7,9-16H2,1-3H3. The van der Waals surface area contributed by atoms with Crippen LogP contribution in [-0.2, 0) is 0 Å². The second-order valence-electron chi connectivity index (χ2n) is 5.67. The topological polar surface area (TPSA) is 0 Å². The molecule has 17 heavy (non-hydrogen) atoms. The number of hydrogen-bond donors (Lipinski definition) is 0. The molecule has 0 amide bonds. The molecule has 0 spiro atoms. The first kappa shape index (κ1) is 17.0. The lowest BCUT2D eigenvalue weighted by Gasteiger charge is -2.10. The Balaban J connectivity index is 3.08. The van der Waals surface area contributed by atoms with E-state index in [1.54, 1.807) is 0 Å². The van der Waals surface area contributed by atoms with E-state index in [1.165, 1.54) is 77.0 Å². The van der Waals surface area contributed by atoms with Crippen LogP contribution in [0.5, 0.6) is 0 Å². The molecule has 103 valence electrons. The molecule has 0 saturated carbocycles. The van der Waals surface area contributed by atoms with Crippen LogP contribution < -0.4 is 0 Å². The summed E-state index contributed by atoms with van der Waals surface area (Å²) in [5, 5.41) is 0. The van der Waals surface area contributed by atoms with Gasteiger partial charge in [0.05, 0.1) is 0 Å². The van der Waals surface area contributed by atoms with Crippen LogP contribution in [0.3, 0.4) is 0 Å². The minimum absolute atomic E-state index is 0.964. The molecule has 0 saturated heterocycles. The van der Waals surface area contributed by atoms with Gasteiger partial charge in [-0.25, -0.2) is 0 Å². The zero-order chi connectivity index (χ0) is 12.8. The Hall–Kier alpha value is 0. The second-order valence-corrected chi connectivity index (χ2v) is 5.67. The lowest BCUT2D eigenvalue weighted by atomic mass is 9.96. The van der Waals surface area contributed by atoms with Gasteiger partial charge in [0.2, 0.25) is 0 Å². The molecule has 0 aromatic rings. The molecule has 0 heterocycles. The number of unbranched alkanes of at least 4 members (excludes halogenated alkanes) is 9. The van der Waals surface area contributed by atoms with Gasteiger partial charge in [-0.3, -0.25) is 0 Å². The van der Waals surface area contributed by atoms with Crippen molar-refractivity contribution in [1.82, 2.24) is 0 Å². The van der Waals surface area contributed by atoms with Crippen molar-refractivity contribution in [2.45, 2.75) is 97.8 Å². The first-order valence-electron chi connectivity index (χ1n) is 8.12. The minimum atomic E-state index is 0.964. The molecule has 0 aromatic heterocycles. The molecule has 0 aliphatic carbocycles. The van der Waals surface area contributed by atoms with Crippen LogP contribution in [-0.4, -0.2) is 0 Å². The summed E-state index contributed by atoms with van der Waals surface area (Å²) in [5.41, 5.74) is 0. The van der Waals surface area contributed by atoms with Gasteiger partial charge in [-0.05, 0) is 12.3 Å². The summed E-state index contributed by atoms with van der Waals surface area (Å²) >= 11 is 0. The Morgan fingerprint density at radius 1 is 0.706 bits per heavy atom. The third kappa shape index (κ3) is 13.9. The highest BCUT2D eigenvalue weighted by molar-refractivity contribution is 4.63. The van der Waals surface area contributed by atoms with Crippen molar-refractivity contribution >= 4 is 0 Å². The predicted molar refractivity (Wildman–Crippen MR) is 80.2 cm³/mol. The van der Waals surface area contributed by atoms with Crippen molar-refractivity contribution < 1.29 is 0 Å². The van der Waals surface area contributed by atoms with E-state index >= 15 is 0 Å². The molecule has 0 heteroatoms. The van der Waals surface area contributed by atoms with Crippen molar-refractivity contribution in [3.8, 4) is 0 Å². The van der Waals surface area contributed by atoms with Crippen LogP contribution in [0.1, 0.15) is 97.8 Å². The van der Waals surface area contributed by atoms with Gasteiger partial charge in [-0.15, -0.1) is 0 Å². The summed E-state index contributed by atoms with van der Waals surface area (Å²) in [6, 6.07) is 0. The Labute approximate surface area is 111 Å². The fourth-order valence-electron chi connectivity index (χ4n) is 2.37. The minimum Gasteiger partial charge on any atom is -0.0654 e. The molecule has 0 aliphatic rings. The van der Waals surface area contributed by atoms with Crippen LogP contribution in [0, 0.1) is 12.3 Å². The molecule has 1 radical (unpaired) electrons. The first-order valence-corrected chi connectivity index (χ1v) is 8.12. The molecular weight excluding hydrogens is 204 g/mol. The van der Waals surface area contributed by atoms with E-state index in [2.05, 4.69) is 27.2 Å². The van der Waals surface area contributed by atoms with E-state index in [4.69, 9.17) is 0 Å². The monoisotopic (exact) mass is 239 g/mol. The maximum atomic E-state index is 2.47. The normalized spacial score (nSPS) is 12.9. The number of hydrogen-bond acceptors (Lipinski definition) is 0. The summed E-state index contributed by atoms with van der Waals surface area (Å²) in [6.45, 7) is 6.99. The van der Waals surface area contributed by atoms with E-state index in [-0.39, 0.29) is 0 Å². The van der Waals surface area contributed by atoms with Crippen LogP contribution in [0.25, 0.3) is 0 Å². The summed E-state index contributed by atoms with van der Waals surface area (Å²) in [6.07, 6.45) is 19.4. The molecule has 0 aliphatic heterocycles. The van der Waals surface area contributed by atoms with Gasteiger partial charge in [0.1, 0.15) is 0 Å². The molecule has 0 rings (SSSR count). The van der Waals surface area contributed by atoms with Crippen molar-refractivity contribution in [3.63, 3.8) is 0 Å². The SMILES string of the molecule is CCC[CH]CCCCCC(C)CCCCCC.